The molecular weight excluding hydrogens is 480 g/mol. The molecular formula is C28H33ClN2O5. The van der Waals surface area contributed by atoms with Gasteiger partial charge < -0.3 is 20.1 Å². The number of ether oxygens (including phenoxy) is 2. The lowest BCUT2D eigenvalue weighted by molar-refractivity contribution is -0.149. The maximum Gasteiger partial charge on any atom is 0.308 e. The van der Waals surface area contributed by atoms with Crippen LogP contribution in [-0.2, 0) is 9.53 Å². The van der Waals surface area contributed by atoms with Crippen molar-refractivity contribution in [2.75, 3.05) is 19.7 Å². The molecule has 0 heterocycles. The minimum absolute atomic E-state index is 0.0000548. The molecule has 2 fully saturated rings. The van der Waals surface area contributed by atoms with E-state index in [-0.39, 0.29) is 36.4 Å². The summed E-state index contributed by atoms with van der Waals surface area (Å²) < 4.78 is 11.1. The van der Waals surface area contributed by atoms with Gasteiger partial charge in [-0.05, 0) is 87.3 Å². The maximum absolute atomic E-state index is 12.5. The Morgan fingerprint density at radius 2 is 1.56 bits per heavy atom. The molecule has 0 unspecified atom stereocenters. The molecule has 0 radical (unpaired) electrons. The molecule has 2 aromatic carbocycles. The first-order chi connectivity index (χ1) is 17.4. The van der Waals surface area contributed by atoms with Gasteiger partial charge in [-0.2, -0.15) is 0 Å². The molecule has 8 heteroatoms. The SMILES string of the molecule is CCOC(=O)C1CCC(Oc2ccc(C(=O)NCCNC(=O)c3ccc(C4CC4)cc3)c(Cl)c2)CC1. The van der Waals surface area contributed by atoms with E-state index in [2.05, 4.69) is 10.6 Å². The van der Waals surface area contributed by atoms with Crippen LogP contribution in [0.3, 0.4) is 0 Å². The molecule has 0 atom stereocenters. The van der Waals surface area contributed by atoms with E-state index in [0.717, 1.165) is 25.7 Å². The zero-order valence-corrected chi connectivity index (χ0v) is 21.3. The Labute approximate surface area is 216 Å². The third kappa shape index (κ3) is 7.00. The molecule has 0 spiro atoms. The lowest BCUT2D eigenvalue weighted by Crippen LogP contribution is -2.34. The second kappa shape index (κ2) is 12.3. The van der Waals surface area contributed by atoms with Crippen molar-refractivity contribution in [3.8, 4) is 5.75 Å². The monoisotopic (exact) mass is 512 g/mol. The van der Waals surface area contributed by atoms with Gasteiger partial charge >= 0.3 is 5.97 Å². The quantitative estimate of drug-likeness (QED) is 0.349. The van der Waals surface area contributed by atoms with Crippen molar-refractivity contribution in [1.82, 2.24) is 10.6 Å². The molecule has 0 aliphatic heterocycles. The molecule has 2 N–H and O–H groups in total. The van der Waals surface area contributed by atoms with Crippen molar-refractivity contribution < 1.29 is 23.9 Å². The van der Waals surface area contributed by atoms with E-state index in [4.69, 9.17) is 21.1 Å². The van der Waals surface area contributed by atoms with Gasteiger partial charge in [0.1, 0.15) is 5.75 Å². The second-order valence-corrected chi connectivity index (χ2v) is 9.80. The topological polar surface area (TPSA) is 93.7 Å². The highest BCUT2D eigenvalue weighted by Crippen LogP contribution is 2.39. The molecule has 192 valence electrons. The molecule has 2 aliphatic rings. The van der Waals surface area contributed by atoms with Gasteiger partial charge in [0, 0.05) is 18.7 Å². The van der Waals surface area contributed by atoms with Crippen molar-refractivity contribution in [2.24, 2.45) is 5.92 Å². The number of halogens is 1. The fraction of sp³-hybridized carbons (Fsp3) is 0.464. The fourth-order valence-corrected chi connectivity index (χ4v) is 4.75. The Bertz CT molecular complexity index is 1080. The summed E-state index contributed by atoms with van der Waals surface area (Å²) in [6.07, 6.45) is 5.45. The molecule has 2 saturated carbocycles. The minimum atomic E-state index is -0.315. The van der Waals surface area contributed by atoms with Crippen molar-refractivity contribution in [1.29, 1.82) is 0 Å². The fourth-order valence-electron chi connectivity index (χ4n) is 4.49. The van der Waals surface area contributed by atoms with Crippen LogP contribution >= 0.6 is 11.6 Å². The minimum Gasteiger partial charge on any atom is -0.490 e. The highest BCUT2D eigenvalue weighted by Gasteiger charge is 2.28. The largest absolute Gasteiger partial charge is 0.490 e. The number of nitrogens with one attached hydrogen (secondary N) is 2. The van der Waals surface area contributed by atoms with Gasteiger partial charge in [-0.15, -0.1) is 0 Å². The summed E-state index contributed by atoms with van der Waals surface area (Å²) in [5.41, 5.74) is 2.24. The lowest BCUT2D eigenvalue weighted by atomic mass is 9.87. The van der Waals surface area contributed by atoms with Crippen LogP contribution in [0.4, 0.5) is 0 Å². The maximum atomic E-state index is 12.5. The zero-order chi connectivity index (χ0) is 25.5. The van der Waals surface area contributed by atoms with Gasteiger partial charge in [0.2, 0.25) is 0 Å². The summed E-state index contributed by atoms with van der Waals surface area (Å²) in [6, 6.07) is 12.7. The standard InChI is InChI=1S/C28H33ClN2O5/c1-2-35-28(34)21-9-11-22(12-10-21)36-23-13-14-24(25(29)17-23)27(33)31-16-15-30-26(32)20-7-5-19(6-8-20)18-3-4-18/h5-8,13-14,17-18,21-22H,2-4,9-12,15-16H2,1H3,(H,30,32)(H,31,33). The third-order valence-electron chi connectivity index (χ3n) is 6.70. The van der Waals surface area contributed by atoms with Gasteiger partial charge in [-0.1, -0.05) is 23.7 Å². The number of benzene rings is 2. The van der Waals surface area contributed by atoms with Crippen LogP contribution in [0.15, 0.2) is 42.5 Å². The van der Waals surface area contributed by atoms with E-state index < -0.39 is 0 Å². The first-order valence-corrected chi connectivity index (χ1v) is 13.1. The van der Waals surface area contributed by atoms with E-state index >= 15 is 0 Å². The first-order valence-electron chi connectivity index (χ1n) is 12.7. The predicted octanol–water partition coefficient (Wildman–Crippen LogP) is 4.88. The van der Waals surface area contributed by atoms with E-state index in [0.29, 0.717) is 41.0 Å². The first kappa shape index (κ1) is 26.0. The normalized spacial score (nSPS) is 19.3. The summed E-state index contributed by atoms with van der Waals surface area (Å²) in [7, 11) is 0. The number of hydrogen-bond acceptors (Lipinski definition) is 5. The smallest absolute Gasteiger partial charge is 0.308 e. The van der Waals surface area contributed by atoms with Crippen LogP contribution in [0.2, 0.25) is 5.02 Å². The Balaban J connectivity index is 1.18. The van der Waals surface area contributed by atoms with E-state index in [1.165, 1.54) is 18.4 Å². The molecule has 0 saturated heterocycles. The van der Waals surface area contributed by atoms with Crippen LogP contribution in [0, 0.1) is 5.92 Å². The van der Waals surface area contributed by atoms with Crippen LogP contribution in [-0.4, -0.2) is 43.6 Å². The molecule has 7 nitrogen and oxygen atoms in total. The average molecular weight is 513 g/mol. The Morgan fingerprint density at radius 1 is 0.889 bits per heavy atom. The number of rotatable bonds is 10. The summed E-state index contributed by atoms with van der Waals surface area (Å²) in [5.74, 6) is 0.583. The summed E-state index contributed by atoms with van der Waals surface area (Å²) in [5, 5.41) is 5.90. The third-order valence-corrected chi connectivity index (χ3v) is 7.01. The Morgan fingerprint density at radius 3 is 2.17 bits per heavy atom. The van der Waals surface area contributed by atoms with Gasteiger partial charge in [0.25, 0.3) is 11.8 Å². The Hall–Kier alpha value is -3.06. The van der Waals surface area contributed by atoms with Crippen molar-refractivity contribution in [3.63, 3.8) is 0 Å². The van der Waals surface area contributed by atoms with Crippen LogP contribution < -0.4 is 15.4 Å². The predicted molar refractivity (Wildman–Crippen MR) is 138 cm³/mol. The molecule has 0 bridgehead atoms. The molecule has 2 amide bonds. The lowest BCUT2D eigenvalue weighted by Gasteiger charge is -2.27. The zero-order valence-electron chi connectivity index (χ0n) is 20.6. The van der Waals surface area contributed by atoms with Gasteiger partial charge in [0.15, 0.2) is 0 Å². The van der Waals surface area contributed by atoms with Crippen LogP contribution in [0.1, 0.15) is 77.6 Å². The van der Waals surface area contributed by atoms with E-state index in [1.807, 2.05) is 31.2 Å². The summed E-state index contributed by atoms with van der Waals surface area (Å²) in [6.45, 7) is 2.80. The average Bonchev–Trinajstić information content (AvgIpc) is 3.73. The number of amides is 2. The number of esters is 1. The number of hydrogen-bond donors (Lipinski definition) is 2. The van der Waals surface area contributed by atoms with Crippen LogP contribution in [0.5, 0.6) is 5.75 Å². The summed E-state index contributed by atoms with van der Waals surface area (Å²) >= 11 is 6.35. The van der Waals surface area contributed by atoms with Crippen molar-refractivity contribution in [2.45, 2.75) is 57.5 Å². The highest BCUT2D eigenvalue weighted by molar-refractivity contribution is 6.34. The van der Waals surface area contributed by atoms with E-state index in [9.17, 15) is 14.4 Å². The van der Waals surface area contributed by atoms with Gasteiger partial charge in [-0.3, -0.25) is 14.4 Å². The molecule has 2 aliphatic carbocycles. The second-order valence-electron chi connectivity index (χ2n) is 9.39. The molecule has 2 aromatic rings. The molecule has 0 aromatic heterocycles. The van der Waals surface area contributed by atoms with Crippen molar-refractivity contribution >= 4 is 29.4 Å². The highest BCUT2D eigenvalue weighted by atomic mass is 35.5. The summed E-state index contributed by atoms with van der Waals surface area (Å²) in [4.78, 5) is 36.8. The van der Waals surface area contributed by atoms with Crippen LogP contribution in [0.25, 0.3) is 0 Å². The molecule has 4 rings (SSSR count). The Kier molecular flexibility index (Phi) is 8.86. The van der Waals surface area contributed by atoms with E-state index in [1.54, 1.807) is 18.2 Å². The number of carbonyl (C=O) groups excluding carboxylic acids is 3. The number of carbonyl (C=O) groups is 3. The van der Waals surface area contributed by atoms with Gasteiger partial charge in [-0.25, -0.2) is 0 Å². The van der Waals surface area contributed by atoms with Gasteiger partial charge in [0.05, 0.1) is 29.2 Å². The van der Waals surface area contributed by atoms with Crippen molar-refractivity contribution in [3.05, 3.63) is 64.2 Å². The molecule has 36 heavy (non-hydrogen) atoms.